The lowest BCUT2D eigenvalue weighted by Gasteiger charge is -2.44. The Balaban J connectivity index is 0.00000103. The van der Waals surface area contributed by atoms with E-state index in [0.29, 0.717) is 19.4 Å². The molecule has 3 heterocycles. The number of primary amides is 1. The molecule has 2 fully saturated rings. The van der Waals surface area contributed by atoms with Crippen LogP contribution in [0.4, 0.5) is 4.79 Å². The SMILES string of the molecule is NCCC[C@H](N)CC(=O)N[C@@H]1[C@H](O)[C@@H](OC(N)=O)[C@@H](CO)O[C@H]1NC1=N[C@@H]2C(=O)NC[C@@H](O)[C@H]2N1.O=S(=O)(O)O. The summed E-state index contributed by atoms with van der Waals surface area (Å²) in [6.07, 6.45) is -6.36. The van der Waals surface area contributed by atoms with Crippen LogP contribution in [0.5, 0.6) is 0 Å². The van der Waals surface area contributed by atoms with Crippen molar-refractivity contribution < 1.29 is 56.7 Å². The van der Waals surface area contributed by atoms with E-state index >= 15 is 0 Å². The van der Waals surface area contributed by atoms with E-state index in [2.05, 4.69) is 26.3 Å². The summed E-state index contributed by atoms with van der Waals surface area (Å²) >= 11 is 0. The Hall–Kier alpha value is -2.89. The minimum absolute atomic E-state index is 0.0518. The van der Waals surface area contributed by atoms with Gasteiger partial charge in [-0.05, 0) is 19.4 Å². The second-order valence-electron chi connectivity index (χ2n) is 9.16. The number of β-amino-alcohol motifs (C(OH)–C–C–N with tert-alkyl or cyclic N) is 1. The van der Waals surface area contributed by atoms with Crippen LogP contribution in [-0.2, 0) is 29.5 Å². The van der Waals surface area contributed by atoms with Crippen molar-refractivity contribution in [3.8, 4) is 0 Å². The van der Waals surface area contributed by atoms with Crippen LogP contribution in [0, 0.1) is 0 Å². The maximum absolute atomic E-state index is 12.7. The van der Waals surface area contributed by atoms with Gasteiger partial charge in [-0.2, -0.15) is 8.42 Å². The number of nitrogens with two attached hydrogens (primary N) is 3. The van der Waals surface area contributed by atoms with Gasteiger partial charge in [-0.25, -0.2) is 9.79 Å². The highest BCUT2D eigenvalue weighted by molar-refractivity contribution is 7.79. The molecule has 0 bridgehead atoms. The molecule has 230 valence electrons. The van der Waals surface area contributed by atoms with Crippen molar-refractivity contribution in [3.63, 3.8) is 0 Å². The largest absolute Gasteiger partial charge is 0.441 e. The topological polar surface area (TPSA) is 343 Å². The Kier molecular flexibility index (Phi) is 12.2. The van der Waals surface area contributed by atoms with Crippen molar-refractivity contribution >= 4 is 34.3 Å². The van der Waals surface area contributed by atoms with Gasteiger partial charge in [0.1, 0.15) is 18.2 Å². The summed E-state index contributed by atoms with van der Waals surface area (Å²) in [6.45, 7) is -0.171. The van der Waals surface area contributed by atoms with Gasteiger partial charge in [-0.3, -0.25) is 18.7 Å². The zero-order chi connectivity index (χ0) is 30.2. The summed E-state index contributed by atoms with van der Waals surface area (Å²) in [7, 11) is -4.67. The highest BCUT2D eigenvalue weighted by atomic mass is 32.3. The van der Waals surface area contributed by atoms with Gasteiger partial charge >= 0.3 is 16.5 Å². The second-order valence-corrected chi connectivity index (χ2v) is 10.1. The van der Waals surface area contributed by atoms with E-state index in [1.807, 2.05) is 0 Å². The van der Waals surface area contributed by atoms with Crippen LogP contribution in [0.1, 0.15) is 19.3 Å². The summed E-state index contributed by atoms with van der Waals surface area (Å²) in [5, 5.41) is 41.7. The fraction of sp³-hybridized carbons (Fsp3) is 0.789. The van der Waals surface area contributed by atoms with Crippen molar-refractivity contribution in [1.82, 2.24) is 21.3 Å². The number of guanidine groups is 1. The monoisotopic (exact) mass is 600 g/mol. The van der Waals surface area contributed by atoms with E-state index in [-0.39, 0.29) is 24.8 Å². The summed E-state index contributed by atoms with van der Waals surface area (Å²) in [5.41, 5.74) is 16.5. The van der Waals surface area contributed by atoms with Crippen LogP contribution in [-0.4, -0.2) is 131 Å². The molecule has 15 N–H and O–H groups in total. The molecule has 0 saturated carbocycles. The molecule has 0 aliphatic carbocycles. The molecule has 3 amide bonds. The molecule has 0 aromatic rings. The number of amides is 3. The number of nitrogens with one attached hydrogen (secondary N) is 4. The number of piperidine rings is 1. The fourth-order valence-corrected chi connectivity index (χ4v) is 4.30. The maximum atomic E-state index is 12.7. The molecule has 9 atom stereocenters. The van der Waals surface area contributed by atoms with Crippen molar-refractivity contribution in [3.05, 3.63) is 0 Å². The number of carbonyl (C=O) groups excluding carboxylic acids is 3. The third-order valence-corrected chi connectivity index (χ3v) is 6.06. The van der Waals surface area contributed by atoms with E-state index in [1.54, 1.807) is 0 Å². The van der Waals surface area contributed by atoms with Gasteiger partial charge in [0.25, 0.3) is 0 Å². The standard InChI is InChI=1S/C19H34N8O8.H2O4S/c20-3-1-2-7(21)4-10(30)24-13-14(31)15(35-18(22)33)9(6-28)34-17(13)27-19-25-11-8(29)5-23-16(32)12(11)26-19;1-5(2,3)4/h7-9,11-15,17,28-29,31H,1-6,20-21H2,(H2,22,33)(H,23,32)(H,24,30)(H2,25,26,27);(H2,1,2,3,4)/t7-,8+,9+,11+,12-,13+,14-,15-,17+;/m0./s1. The molecule has 3 aliphatic heterocycles. The first kappa shape index (κ1) is 33.3. The predicted molar refractivity (Wildman–Crippen MR) is 133 cm³/mol. The Bertz CT molecular complexity index is 1020. The molecule has 0 aromatic carbocycles. The molecule has 2 saturated heterocycles. The molecule has 0 unspecified atom stereocenters. The zero-order valence-electron chi connectivity index (χ0n) is 21.1. The molecular weight excluding hydrogens is 564 g/mol. The molecule has 3 aliphatic rings. The molecule has 40 heavy (non-hydrogen) atoms. The van der Waals surface area contributed by atoms with Crippen molar-refractivity contribution in [2.24, 2.45) is 22.2 Å². The van der Waals surface area contributed by atoms with Gasteiger partial charge in [0.15, 0.2) is 24.3 Å². The fourth-order valence-electron chi connectivity index (χ4n) is 4.30. The molecule has 3 rings (SSSR count). The Morgan fingerprint density at radius 1 is 1.27 bits per heavy atom. The number of aliphatic hydroxyl groups is 3. The van der Waals surface area contributed by atoms with E-state index < -0.39 is 83.8 Å². The molecule has 0 spiro atoms. The first-order chi connectivity index (χ1) is 18.6. The van der Waals surface area contributed by atoms with Gasteiger partial charge in [0.2, 0.25) is 11.8 Å². The number of ether oxygens (including phenoxy) is 2. The number of hydrogen-bond acceptors (Lipinski definition) is 15. The lowest BCUT2D eigenvalue weighted by Crippen LogP contribution is -2.70. The number of hydrogen-bond donors (Lipinski definition) is 12. The molecular formula is C19H36N8O12S. The first-order valence-corrected chi connectivity index (χ1v) is 13.5. The van der Waals surface area contributed by atoms with E-state index in [1.165, 1.54) is 0 Å². The Morgan fingerprint density at radius 3 is 2.48 bits per heavy atom. The van der Waals surface area contributed by atoms with Gasteiger partial charge in [0.05, 0.1) is 18.8 Å². The van der Waals surface area contributed by atoms with Crippen molar-refractivity contribution in [2.45, 2.75) is 74.1 Å². The lowest BCUT2D eigenvalue weighted by molar-refractivity contribution is -0.198. The Morgan fingerprint density at radius 2 is 1.93 bits per heavy atom. The highest BCUT2D eigenvalue weighted by Crippen LogP contribution is 2.24. The van der Waals surface area contributed by atoms with Crippen LogP contribution < -0.4 is 38.5 Å². The van der Waals surface area contributed by atoms with Crippen LogP contribution >= 0.6 is 0 Å². The minimum Gasteiger partial charge on any atom is -0.441 e. The van der Waals surface area contributed by atoms with Crippen LogP contribution in [0.15, 0.2) is 4.99 Å². The maximum Gasteiger partial charge on any atom is 0.404 e. The van der Waals surface area contributed by atoms with Crippen molar-refractivity contribution in [1.29, 1.82) is 0 Å². The number of nitrogens with zero attached hydrogens (tertiary/aromatic N) is 1. The molecule has 0 radical (unpaired) electrons. The number of aliphatic imine (C=N–C) groups is 1. The molecule has 0 aromatic heterocycles. The zero-order valence-corrected chi connectivity index (χ0v) is 21.9. The summed E-state index contributed by atoms with van der Waals surface area (Å²) in [4.78, 5) is 40.3. The smallest absolute Gasteiger partial charge is 0.404 e. The number of aliphatic hydroxyl groups excluding tert-OH is 3. The average molecular weight is 601 g/mol. The third kappa shape index (κ3) is 9.94. The normalized spacial score (nSPS) is 32.2. The summed E-state index contributed by atoms with van der Waals surface area (Å²) in [6, 6.07) is -3.27. The van der Waals surface area contributed by atoms with Gasteiger partial charge in [0, 0.05) is 19.0 Å². The van der Waals surface area contributed by atoms with E-state index in [0.717, 1.165) is 0 Å². The summed E-state index contributed by atoms with van der Waals surface area (Å²) < 4.78 is 42.3. The van der Waals surface area contributed by atoms with Crippen LogP contribution in [0.2, 0.25) is 0 Å². The average Bonchev–Trinajstić information content (AvgIpc) is 3.28. The van der Waals surface area contributed by atoms with Gasteiger partial charge in [-0.15, -0.1) is 0 Å². The second kappa shape index (κ2) is 14.7. The molecule has 20 nitrogen and oxygen atoms in total. The van der Waals surface area contributed by atoms with E-state index in [9.17, 15) is 29.7 Å². The van der Waals surface area contributed by atoms with Crippen LogP contribution in [0.25, 0.3) is 0 Å². The number of carbonyl (C=O) groups is 3. The van der Waals surface area contributed by atoms with Crippen LogP contribution in [0.3, 0.4) is 0 Å². The minimum atomic E-state index is -4.67. The predicted octanol–water partition coefficient (Wildman–Crippen LogP) is -6.41. The lowest BCUT2D eigenvalue weighted by atomic mass is 9.95. The Labute approximate surface area is 228 Å². The number of rotatable bonds is 9. The third-order valence-electron chi connectivity index (χ3n) is 6.06. The van der Waals surface area contributed by atoms with Gasteiger partial charge < -0.3 is 63.3 Å². The van der Waals surface area contributed by atoms with E-state index in [4.69, 9.17) is 44.2 Å². The first-order valence-electron chi connectivity index (χ1n) is 12.1. The highest BCUT2D eigenvalue weighted by Gasteiger charge is 2.49. The quantitative estimate of drug-likeness (QED) is 0.109. The van der Waals surface area contributed by atoms with Gasteiger partial charge in [-0.1, -0.05) is 0 Å². The molecule has 21 heteroatoms. The van der Waals surface area contributed by atoms with Crippen molar-refractivity contribution in [2.75, 3.05) is 19.7 Å². The number of fused-ring (bicyclic) bond motifs is 1. The summed E-state index contributed by atoms with van der Waals surface area (Å²) in [5.74, 6) is -0.828.